The van der Waals surface area contributed by atoms with Crippen molar-refractivity contribution in [2.45, 2.75) is 11.8 Å². The zero-order valence-electron chi connectivity index (χ0n) is 9.56. The standard InChI is InChI=1S/C12H12N2OS2/c1-8-11(17-7-13-8)12(15)14-9-5-3-4-6-10(9)16-2/h3-7H,1-2H3,(H,14,15). The number of amides is 1. The molecule has 5 heteroatoms. The van der Waals surface area contributed by atoms with Gasteiger partial charge in [-0.05, 0) is 25.3 Å². The van der Waals surface area contributed by atoms with Gasteiger partial charge in [0.05, 0.1) is 16.9 Å². The van der Waals surface area contributed by atoms with Crippen LogP contribution in [0.5, 0.6) is 0 Å². The number of benzene rings is 1. The number of carbonyl (C=O) groups is 1. The van der Waals surface area contributed by atoms with Crippen LogP contribution in [0.3, 0.4) is 0 Å². The van der Waals surface area contributed by atoms with Gasteiger partial charge in [0.1, 0.15) is 4.88 Å². The maximum absolute atomic E-state index is 12.0. The third kappa shape index (κ3) is 2.68. The smallest absolute Gasteiger partial charge is 0.267 e. The molecule has 0 fully saturated rings. The summed E-state index contributed by atoms with van der Waals surface area (Å²) in [5.74, 6) is -0.0912. The van der Waals surface area contributed by atoms with Crippen LogP contribution in [0.2, 0.25) is 0 Å². The van der Waals surface area contributed by atoms with Crippen molar-refractivity contribution in [1.29, 1.82) is 0 Å². The Morgan fingerprint density at radius 1 is 1.41 bits per heavy atom. The molecule has 0 aliphatic rings. The van der Waals surface area contributed by atoms with Gasteiger partial charge in [-0.3, -0.25) is 4.79 Å². The predicted octanol–water partition coefficient (Wildman–Crippen LogP) is 3.43. The van der Waals surface area contributed by atoms with Crippen LogP contribution in [-0.4, -0.2) is 17.1 Å². The molecule has 0 saturated carbocycles. The fourth-order valence-corrected chi connectivity index (χ4v) is 2.70. The second kappa shape index (κ2) is 5.33. The zero-order valence-corrected chi connectivity index (χ0v) is 11.2. The van der Waals surface area contributed by atoms with Gasteiger partial charge in [0.15, 0.2) is 0 Å². The first-order valence-electron chi connectivity index (χ1n) is 5.07. The minimum absolute atomic E-state index is 0.0912. The van der Waals surface area contributed by atoms with E-state index in [-0.39, 0.29) is 5.91 Å². The molecule has 2 rings (SSSR count). The van der Waals surface area contributed by atoms with E-state index >= 15 is 0 Å². The molecular formula is C12H12N2OS2. The lowest BCUT2D eigenvalue weighted by Crippen LogP contribution is -2.12. The predicted molar refractivity (Wildman–Crippen MR) is 73.0 cm³/mol. The molecule has 0 radical (unpaired) electrons. The van der Waals surface area contributed by atoms with Gasteiger partial charge in [-0.25, -0.2) is 4.98 Å². The fraction of sp³-hybridized carbons (Fsp3) is 0.167. The summed E-state index contributed by atoms with van der Waals surface area (Å²) < 4.78 is 0. The van der Waals surface area contributed by atoms with E-state index < -0.39 is 0 Å². The largest absolute Gasteiger partial charge is 0.320 e. The molecule has 1 aromatic carbocycles. The lowest BCUT2D eigenvalue weighted by atomic mass is 10.3. The van der Waals surface area contributed by atoms with Gasteiger partial charge >= 0.3 is 0 Å². The lowest BCUT2D eigenvalue weighted by Gasteiger charge is -2.08. The highest BCUT2D eigenvalue weighted by atomic mass is 32.2. The molecule has 0 spiro atoms. The number of thioether (sulfide) groups is 1. The Kier molecular flexibility index (Phi) is 3.81. The molecule has 0 saturated heterocycles. The number of rotatable bonds is 3. The van der Waals surface area contributed by atoms with Gasteiger partial charge in [-0.2, -0.15) is 0 Å². The normalized spacial score (nSPS) is 10.2. The Hall–Kier alpha value is -1.33. The van der Waals surface area contributed by atoms with Crippen LogP contribution in [0, 0.1) is 6.92 Å². The van der Waals surface area contributed by atoms with Crippen molar-refractivity contribution in [3.63, 3.8) is 0 Å². The summed E-state index contributed by atoms with van der Waals surface area (Å²) >= 11 is 2.97. The van der Waals surface area contributed by atoms with Gasteiger partial charge in [-0.15, -0.1) is 23.1 Å². The van der Waals surface area contributed by atoms with Crippen molar-refractivity contribution in [3.05, 3.63) is 40.3 Å². The van der Waals surface area contributed by atoms with E-state index in [1.807, 2.05) is 37.4 Å². The molecule has 1 heterocycles. The number of anilines is 1. The van der Waals surface area contributed by atoms with Crippen molar-refractivity contribution in [1.82, 2.24) is 4.98 Å². The average Bonchev–Trinajstić information content (AvgIpc) is 2.76. The van der Waals surface area contributed by atoms with Crippen LogP contribution in [-0.2, 0) is 0 Å². The Morgan fingerprint density at radius 2 is 2.18 bits per heavy atom. The Morgan fingerprint density at radius 3 is 2.82 bits per heavy atom. The minimum Gasteiger partial charge on any atom is -0.320 e. The van der Waals surface area contributed by atoms with E-state index in [0.717, 1.165) is 16.3 Å². The van der Waals surface area contributed by atoms with Crippen LogP contribution < -0.4 is 5.32 Å². The number of para-hydroxylation sites is 1. The summed E-state index contributed by atoms with van der Waals surface area (Å²) in [5, 5.41) is 2.92. The molecule has 3 nitrogen and oxygen atoms in total. The molecule has 1 N–H and O–H groups in total. The van der Waals surface area contributed by atoms with Crippen molar-refractivity contribution in [2.24, 2.45) is 0 Å². The molecule has 0 unspecified atom stereocenters. The number of thiazole rings is 1. The fourth-order valence-electron chi connectivity index (χ4n) is 1.45. The third-order valence-corrected chi connectivity index (χ3v) is 4.03. The summed E-state index contributed by atoms with van der Waals surface area (Å²) in [7, 11) is 0. The van der Waals surface area contributed by atoms with E-state index in [1.165, 1.54) is 11.3 Å². The molecule has 88 valence electrons. The highest BCUT2D eigenvalue weighted by Crippen LogP contribution is 2.25. The van der Waals surface area contributed by atoms with E-state index in [9.17, 15) is 4.79 Å². The molecule has 0 bridgehead atoms. The number of hydrogen-bond acceptors (Lipinski definition) is 4. The van der Waals surface area contributed by atoms with Crippen LogP contribution in [0.25, 0.3) is 0 Å². The molecule has 1 amide bonds. The molecule has 17 heavy (non-hydrogen) atoms. The number of nitrogens with zero attached hydrogens (tertiary/aromatic N) is 1. The number of hydrogen-bond donors (Lipinski definition) is 1. The highest BCUT2D eigenvalue weighted by molar-refractivity contribution is 7.98. The SMILES string of the molecule is CSc1ccccc1NC(=O)c1scnc1C. The van der Waals surface area contributed by atoms with Gasteiger partial charge in [0.25, 0.3) is 5.91 Å². The second-order valence-corrected chi connectivity index (χ2v) is 5.12. The number of aromatic nitrogens is 1. The van der Waals surface area contributed by atoms with Gasteiger partial charge < -0.3 is 5.32 Å². The first kappa shape index (κ1) is 12.1. The van der Waals surface area contributed by atoms with Crippen molar-refractivity contribution < 1.29 is 4.79 Å². The van der Waals surface area contributed by atoms with E-state index in [0.29, 0.717) is 4.88 Å². The topological polar surface area (TPSA) is 42.0 Å². The Labute approximate surface area is 108 Å². The van der Waals surface area contributed by atoms with Gasteiger partial charge in [0.2, 0.25) is 0 Å². The van der Waals surface area contributed by atoms with E-state index in [2.05, 4.69) is 10.3 Å². The van der Waals surface area contributed by atoms with Gasteiger partial charge in [0, 0.05) is 4.90 Å². The molecule has 0 atom stereocenters. The summed E-state index contributed by atoms with van der Waals surface area (Å²) in [6.07, 6.45) is 1.99. The lowest BCUT2D eigenvalue weighted by molar-refractivity contribution is 0.102. The maximum Gasteiger partial charge on any atom is 0.267 e. The summed E-state index contributed by atoms with van der Waals surface area (Å²) in [4.78, 5) is 17.8. The van der Waals surface area contributed by atoms with Crippen molar-refractivity contribution >= 4 is 34.7 Å². The quantitative estimate of drug-likeness (QED) is 0.864. The monoisotopic (exact) mass is 264 g/mol. The first-order valence-corrected chi connectivity index (χ1v) is 7.17. The molecule has 0 aliphatic carbocycles. The maximum atomic E-state index is 12.0. The van der Waals surface area contributed by atoms with Gasteiger partial charge in [-0.1, -0.05) is 12.1 Å². The second-order valence-electron chi connectivity index (χ2n) is 3.42. The van der Waals surface area contributed by atoms with E-state index in [1.54, 1.807) is 17.3 Å². The molecule has 1 aromatic heterocycles. The van der Waals surface area contributed by atoms with Crippen LogP contribution in [0.1, 0.15) is 15.4 Å². The minimum atomic E-state index is -0.0912. The Balaban J connectivity index is 2.22. The number of carbonyl (C=O) groups excluding carboxylic acids is 1. The summed E-state index contributed by atoms with van der Waals surface area (Å²) in [6.45, 7) is 1.84. The zero-order chi connectivity index (χ0) is 12.3. The Bertz CT molecular complexity index is 537. The average molecular weight is 264 g/mol. The molecule has 0 aliphatic heterocycles. The third-order valence-electron chi connectivity index (χ3n) is 2.31. The van der Waals surface area contributed by atoms with Crippen molar-refractivity contribution in [2.75, 3.05) is 11.6 Å². The van der Waals surface area contributed by atoms with Crippen LogP contribution >= 0.6 is 23.1 Å². The summed E-state index contributed by atoms with van der Waals surface area (Å²) in [6, 6.07) is 7.76. The molecular weight excluding hydrogens is 252 g/mol. The highest BCUT2D eigenvalue weighted by Gasteiger charge is 2.12. The number of nitrogens with one attached hydrogen (secondary N) is 1. The first-order chi connectivity index (χ1) is 8.22. The van der Waals surface area contributed by atoms with E-state index in [4.69, 9.17) is 0 Å². The van der Waals surface area contributed by atoms with Crippen molar-refractivity contribution in [3.8, 4) is 0 Å². The van der Waals surface area contributed by atoms with Crippen LogP contribution in [0.15, 0.2) is 34.7 Å². The number of aryl methyl sites for hydroxylation is 1. The van der Waals surface area contributed by atoms with Crippen LogP contribution in [0.4, 0.5) is 5.69 Å². The molecule has 2 aromatic rings. The summed E-state index contributed by atoms with van der Waals surface area (Å²) in [5.41, 5.74) is 3.30.